The van der Waals surface area contributed by atoms with Crippen molar-refractivity contribution < 1.29 is 0 Å². The summed E-state index contributed by atoms with van der Waals surface area (Å²) in [7, 11) is 0. The molecule has 7 heteroatoms. The van der Waals surface area contributed by atoms with Crippen molar-refractivity contribution in [2.45, 2.75) is 19.5 Å². The molecule has 0 saturated carbocycles. The highest BCUT2D eigenvalue weighted by atomic mass is 35.5. The minimum Gasteiger partial charge on any atom is -0.324 e. The first-order chi connectivity index (χ1) is 8.13. The lowest BCUT2D eigenvalue weighted by atomic mass is 10.1. The van der Waals surface area contributed by atoms with Crippen LogP contribution in [0.2, 0.25) is 10.0 Å². The van der Waals surface area contributed by atoms with Gasteiger partial charge in [0.25, 0.3) is 0 Å². The van der Waals surface area contributed by atoms with E-state index in [0.29, 0.717) is 15.9 Å². The molecule has 0 radical (unpaired) electrons. The molecule has 0 aliphatic carbocycles. The molecule has 1 aromatic carbocycles. The molecule has 90 valence electrons. The molecule has 17 heavy (non-hydrogen) atoms. The standard InChI is InChI=1S/C10H11Cl2N5/c1-6(17-10(5-13)14-15-16-17)8-3-2-7(11)4-9(8)12/h2-4,6H,5,13H2,1H3. The lowest BCUT2D eigenvalue weighted by Gasteiger charge is -2.14. The largest absolute Gasteiger partial charge is 0.324 e. The number of tetrazole rings is 1. The zero-order chi connectivity index (χ0) is 12.4. The molecular weight excluding hydrogens is 261 g/mol. The third-order valence-corrected chi connectivity index (χ3v) is 3.09. The molecule has 0 bridgehead atoms. The van der Waals surface area contributed by atoms with Gasteiger partial charge in [-0.2, -0.15) is 0 Å². The molecule has 0 fully saturated rings. The van der Waals surface area contributed by atoms with Crippen LogP contribution in [0.1, 0.15) is 24.4 Å². The Kier molecular flexibility index (Phi) is 3.61. The van der Waals surface area contributed by atoms with Gasteiger partial charge in [-0.25, -0.2) is 4.68 Å². The van der Waals surface area contributed by atoms with E-state index in [1.54, 1.807) is 16.8 Å². The van der Waals surface area contributed by atoms with Gasteiger partial charge in [0.05, 0.1) is 12.6 Å². The van der Waals surface area contributed by atoms with E-state index in [9.17, 15) is 0 Å². The maximum absolute atomic E-state index is 6.14. The Morgan fingerprint density at radius 1 is 1.41 bits per heavy atom. The first kappa shape index (κ1) is 12.3. The van der Waals surface area contributed by atoms with Crippen molar-refractivity contribution in [3.63, 3.8) is 0 Å². The summed E-state index contributed by atoms with van der Waals surface area (Å²) >= 11 is 12.0. The van der Waals surface area contributed by atoms with E-state index < -0.39 is 0 Å². The van der Waals surface area contributed by atoms with Gasteiger partial charge in [-0.05, 0) is 35.0 Å². The average Bonchev–Trinajstić information content (AvgIpc) is 2.76. The molecule has 0 amide bonds. The van der Waals surface area contributed by atoms with Gasteiger partial charge in [0.1, 0.15) is 0 Å². The molecule has 0 aliphatic heterocycles. The van der Waals surface area contributed by atoms with E-state index in [-0.39, 0.29) is 12.6 Å². The molecular formula is C10H11Cl2N5. The molecule has 2 rings (SSSR count). The van der Waals surface area contributed by atoms with E-state index in [0.717, 1.165) is 5.56 Å². The Morgan fingerprint density at radius 2 is 2.18 bits per heavy atom. The van der Waals surface area contributed by atoms with Crippen LogP contribution >= 0.6 is 23.2 Å². The highest BCUT2D eigenvalue weighted by Crippen LogP contribution is 2.28. The van der Waals surface area contributed by atoms with Crippen LogP contribution in [0.5, 0.6) is 0 Å². The SMILES string of the molecule is CC(c1ccc(Cl)cc1Cl)n1nnnc1CN. The molecule has 0 saturated heterocycles. The number of aromatic nitrogens is 4. The van der Waals surface area contributed by atoms with Gasteiger partial charge in [0.15, 0.2) is 5.82 Å². The highest BCUT2D eigenvalue weighted by molar-refractivity contribution is 6.35. The Labute approximate surface area is 109 Å². The van der Waals surface area contributed by atoms with Gasteiger partial charge in [-0.15, -0.1) is 5.10 Å². The summed E-state index contributed by atoms with van der Waals surface area (Å²) in [5.74, 6) is 0.614. The average molecular weight is 272 g/mol. The smallest absolute Gasteiger partial charge is 0.165 e. The lowest BCUT2D eigenvalue weighted by molar-refractivity contribution is 0.521. The number of nitrogens with two attached hydrogens (primary N) is 1. The van der Waals surface area contributed by atoms with Gasteiger partial charge < -0.3 is 5.73 Å². The van der Waals surface area contributed by atoms with Crippen molar-refractivity contribution >= 4 is 23.2 Å². The van der Waals surface area contributed by atoms with Gasteiger partial charge in [0.2, 0.25) is 0 Å². The lowest BCUT2D eigenvalue weighted by Crippen LogP contribution is -2.15. The summed E-state index contributed by atoms with van der Waals surface area (Å²) in [6.07, 6.45) is 0. The van der Waals surface area contributed by atoms with E-state index in [4.69, 9.17) is 28.9 Å². The Balaban J connectivity index is 2.40. The summed E-state index contributed by atoms with van der Waals surface area (Å²) < 4.78 is 1.65. The highest BCUT2D eigenvalue weighted by Gasteiger charge is 2.16. The first-order valence-corrected chi connectivity index (χ1v) is 5.81. The van der Waals surface area contributed by atoms with Crippen LogP contribution in [-0.2, 0) is 6.54 Å². The minimum absolute atomic E-state index is 0.0895. The molecule has 2 aromatic rings. The summed E-state index contributed by atoms with van der Waals surface area (Å²) in [6.45, 7) is 2.23. The van der Waals surface area contributed by atoms with Crippen LogP contribution in [0.15, 0.2) is 18.2 Å². The predicted octanol–water partition coefficient (Wildman–Crippen LogP) is 2.05. The number of hydrogen-bond donors (Lipinski definition) is 1. The van der Waals surface area contributed by atoms with E-state index in [2.05, 4.69) is 15.5 Å². The van der Waals surface area contributed by atoms with Gasteiger partial charge >= 0.3 is 0 Å². The number of nitrogens with zero attached hydrogens (tertiary/aromatic N) is 4. The van der Waals surface area contributed by atoms with Gasteiger partial charge in [0, 0.05) is 10.0 Å². The maximum Gasteiger partial charge on any atom is 0.165 e. The molecule has 1 aromatic heterocycles. The second-order valence-corrected chi connectivity index (χ2v) is 4.43. The maximum atomic E-state index is 6.14. The normalized spacial score (nSPS) is 12.7. The Bertz CT molecular complexity index is 525. The van der Waals surface area contributed by atoms with Crippen LogP contribution in [-0.4, -0.2) is 20.2 Å². The summed E-state index contributed by atoms with van der Waals surface area (Å²) in [5, 5.41) is 12.5. The molecule has 1 atom stereocenters. The molecule has 2 N–H and O–H groups in total. The summed E-state index contributed by atoms with van der Waals surface area (Å²) in [6, 6.07) is 5.25. The molecule has 1 unspecified atom stereocenters. The fourth-order valence-electron chi connectivity index (χ4n) is 1.62. The zero-order valence-corrected chi connectivity index (χ0v) is 10.7. The van der Waals surface area contributed by atoms with Crippen molar-refractivity contribution in [2.75, 3.05) is 0 Å². The van der Waals surface area contributed by atoms with Crippen LogP contribution in [0.25, 0.3) is 0 Å². The zero-order valence-electron chi connectivity index (χ0n) is 9.14. The van der Waals surface area contributed by atoms with Crippen molar-refractivity contribution in [1.82, 2.24) is 20.2 Å². The van der Waals surface area contributed by atoms with E-state index in [1.807, 2.05) is 13.0 Å². The fraction of sp³-hybridized carbons (Fsp3) is 0.300. The van der Waals surface area contributed by atoms with Crippen LogP contribution < -0.4 is 5.73 Å². The van der Waals surface area contributed by atoms with E-state index >= 15 is 0 Å². The summed E-state index contributed by atoms with van der Waals surface area (Å²) in [4.78, 5) is 0. The molecule has 5 nitrogen and oxygen atoms in total. The predicted molar refractivity (Wildman–Crippen MR) is 66.0 cm³/mol. The summed E-state index contributed by atoms with van der Waals surface area (Å²) in [5.41, 5.74) is 6.46. The number of rotatable bonds is 3. The number of halogens is 2. The third kappa shape index (κ3) is 2.41. The van der Waals surface area contributed by atoms with Crippen molar-refractivity contribution in [2.24, 2.45) is 5.73 Å². The topological polar surface area (TPSA) is 69.6 Å². The molecule has 0 spiro atoms. The molecule has 0 aliphatic rings. The fourth-order valence-corrected chi connectivity index (χ4v) is 2.19. The second-order valence-electron chi connectivity index (χ2n) is 3.59. The number of hydrogen-bond acceptors (Lipinski definition) is 4. The van der Waals surface area contributed by atoms with Crippen LogP contribution in [0.4, 0.5) is 0 Å². The monoisotopic (exact) mass is 271 g/mol. The van der Waals surface area contributed by atoms with Crippen molar-refractivity contribution in [1.29, 1.82) is 0 Å². The van der Waals surface area contributed by atoms with Gasteiger partial charge in [-0.3, -0.25) is 0 Å². The van der Waals surface area contributed by atoms with Gasteiger partial charge in [-0.1, -0.05) is 29.3 Å². The van der Waals surface area contributed by atoms with E-state index in [1.165, 1.54) is 0 Å². The minimum atomic E-state index is -0.0895. The number of benzene rings is 1. The third-order valence-electron chi connectivity index (χ3n) is 2.52. The van der Waals surface area contributed by atoms with Crippen LogP contribution in [0, 0.1) is 0 Å². The first-order valence-electron chi connectivity index (χ1n) is 5.05. The Morgan fingerprint density at radius 3 is 2.82 bits per heavy atom. The van der Waals surface area contributed by atoms with Crippen molar-refractivity contribution in [3.8, 4) is 0 Å². The van der Waals surface area contributed by atoms with Crippen LogP contribution in [0.3, 0.4) is 0 Å². The quantitative estimate of drug-likeness (QED) is 0.928. The molecule has 1 heterocycles. The second kappa shape index (κ2) is 5.00. The van der Waals surface area contributed by atoms with Crippen molar-refractivity contribution in [3.05, 3.63) is 39.6 Å². The Hall–Kier alpha value is -1.17.